The van der Waals surface area contributed by atoms with Gasteiger partial charge in [0.05, 0.1) is 0 Å². The maximum absolute atomic E-state index is 3.78. The lowest BCUT2D eigenvalue weighted by Gasteiger charge is -2.36. The van der Waals surface area contributed by atoms with E-state index in [0.29, 0.717) is 5.54 Å². The molecule has 1 saturated heterocycles. The minimum Gasteiger partial charge on any atom is -0.311 e. The molecule has 0 amide bonds. The molecule has 2 fully saturated rings. The van der Waals surface area contributed by atoms with Gasteiger partial charge in [0.1, 0.15) is 0 Å². The molecule has 1 aliphatic carbocycles. The van der Waals surface area contributed by atoms with E-state index in [1.165, 1.54) is 57.9 Å². The van der Waals surface area contributed by atoms with Gasteiger partial charge in [0.25, 0.3) is 0 Å². The van der Waals surface area contributed by atoms with Crippen molar-refractivity contribution in [2.75, 3.05) is 6.54 Å². The molecule has 1 saturated carbocycles. The summed E-state index contributed by atoms with van der Waals surface area (Å²) < 4.78 is 0. The Hall–Kier alpha value is -0.0400. The first kappa shape index (κ1) is 11.4. The Balaban J connectivity index is 1.88. The highest BCUT2D eigenvalue weighted by Crippen LogP contribution is 2.37. The lowest BCUT2D eigenvalue weighted by atomic mass is 9.74. The second-order valence-electron chi connectivity index (χ2n) is 6.01. The summed E-state index contributed by atoms with van der Waals surface area (Å²) in [6, 6.07) is 0. The van der Waals surface area contributed by atoms with Crippen LogP contribution in [0.5, 0.6) is 0 Å². The summed E-state index contributed by atoms with van der Waals surface area (Å²) in [5, 5.41) is 3.78. The van der Waals surface area contributed by atoms with Gasteiger partial charge in [-0.05, 0) is 50.5 Å². The third-order valence-electron chi connectivity index (χ3n) is 4.73. The number of hydrogen-bond acceptors (Lipinski definition) is 1. The van der Waals surface area contributed by atoms with Crippen molar-refractivity contribution in [2.45, 2.75) is 70.8 Å². The average molecular weight is 209 g/mol. The van der Waals surface area contributed by atoms with Gasteiger partial charge in [-0.25, -0.2) is 0 Å². The normalized spacial score (nSPS) is 42.0. The summed E-state index contributed by atoms with van der Waals surface area (Å²) in [5.74, 6) is 2.00. The van der Waals surface area contributed by atoms with Gasteiger partial charge in [-0.3, -0.25) is 0 Å². The molecule has 1 nitrogen and oxygen atoms in total. The molecule has 0 radical (unpaired) electrons. The zero-order valence-electron chi connectivity index (χ0n) is 10.5. The fourth-order valence-electron chi connectivity index (χ4n) is 3.79. The fraction of sp³-hybridized carbons (Fsp3) is 1.00. The molecule has 2 rings (SSSR count). The summed E-state index contributed by atoms with van der Waals surface area (Å²) in [6.45, 7) is 6.06. The van der Waals surface area contributed by atoms with Crippen LogP contribution in [0.2, 0.25) is 0 Å². The minimum absolute atomic E-state index is 0.529. The van der Waals surface area contributed by atoms with E-state index in [-0.39, 0.29) is 0 Å². The lowest BCUT2D eigenvalue weighted by Crippen LogP contribution is -2.41. The number of hydrogen-bond donors (Lipinski definition) is 1. The summed E-state index contributed by atoms with van der Waals surface area (Å²) in [5.41, 5.74) is 0.529. The van der Waals surface area contributed by atoms with Gasteiger partial charge in [0.15, 0.2) is 0 Å². The Morgan fingerprint density at radius 3 is 2.73 bits per heavy atom. The summed E-state index contributed by atoms with van der Waals surface area (Å²) >= 11 is 0. The molecule has 0 aromatic rings. The van der Waals surface area contributed by atoms with Gasteiger partial charge in [-0.1, -0.05) is 33.1 Å². The van der Waals surface area contributed by atoms with Crippen LogP contribution in [0, 0.1) is 11.8 Å². The average Bonchev–Trinajstić information content (AvgIpc) is 2.67. The van der Waals surface area contributed by atoms with Crippen LogP contribution in [0.3, 0.4) is 0 Å². The van der Waals surface area contributed by atoms with Crippen LogP contribution in [0.15, 0.2) is 0 Å². The molecule has 0 aromatic carbocycles. The predicted octanol–water partition coefficient (Wildman–Crippen LogP) is 3.74. The van der Waals surface area contributed by atoms with E-state index in [4.69, 9.17) is 0 Å². The number of rotatable bonds is 3. The predicted molar refractivity (Wildman–Crippen MR) is 66.0 cm³/mol. The van der Waals surface area contributed by atoms with Crippen molar-refractivity contribution in [3.63, 3.8) is 0 Å². The molecule has 2 aliphatic rings. The molecule has 0 aromatic heterocycles. The highest BCUT2D eigenvalue weighted by molar-refractivity contribution is 4.94. The van der Waals surface area contributed by atoms with Gasteiger partial charge in [0.2, 0.25) is 0 Å². The first-order valence-electron chi connectivity index (χ1n) is 6.99. The van der Waals surface area contributed by atoms with Gasteiger partial charge in [0, 0.05) is 5.54 Å². The molecular weight excluding hydrogens is 182 g/mol. The van der Waals surface area contributed by atoms with E-state index in [1.54, 1.807) is 0 Å². The molecule has 3 atom stereocenters. The van der Waals surface area contributed by atoms with Gasteiger partial charge in [-0.15, -0.1) is 0 Å². The van der Waals surface area contributed by atoms with Crippen molar-refractivity contribution in [3.05, 3.63) is 0 Å². The zero-order chi connectivity index (χ0) is 10.7. The Labute approximate surface area is 95.0 Å². The van der Waals surface area contributed by atoms with Gasteiger partial charge < -0.3 is 5.32 Å². The smallest absolute Gasteiger partial charge is 0.0182 e. The number of nitrogens with one attached hydrogen (secondary N) is 1. The van der Waals surface area contributed by atoms with Crippen LogP contribution in [-0.2, 0) is 0 Å². The van der Waals surface area contributed by atoms with Crippen molar-refractivity contribution in [2.24, 2.45) is 11.8 Å². The molecule has 1 heteroatoms. The van der Waals surface area contributed by atoms with E-state index in [9.17, 15) is 0 Å². The van der Waals surface area contributed by atoms with Crippen molar-refractivity contribution in [3.8, 4) is 0 Å². The molecule has 3 unspecified atom stereocenters. The maximum Gasteiger partial charge on any atom is 0.0182 e. The van der Waals surface area contributed by atoms with Crippen molar-refractivity contribution >= 4 is 0 Å². The maximum atomic E-state index is 3.78. The minimum atomic E-state index is 0.529. The zero-order valence-corrected chi connectivity index (χ0v) is 10.5. The molecule has 15 heavy (non-hydrogen) atoms. The first-order valence-corrected chi connectivity index (χ1v) is 6.99. The van der Waals surface area contributed by atoms with Crippen LogP contribution in [0.1, 0.15) is 65.2 Å². The van der Waals surface area contributed by atoms with E-state index in [2.05, 4.69) is 19.2 Å². The molecule has 1 heterocycles. The van der Waals surface area contributed by atoms with E-state index in [1.807, 2.05) is 0 Å². The second kappa shape index (κ2) is 4.86. The molecule has 1 aliphatic heterocycles. The van der Waals surface area contributed by atoms with Gasteiger partial charge >= 0.3 is 0 Å². The highest BCUT2D eigenvalue weighted by Gasteiger charge is 2.34. The van der Waals surface area contributed by atoms with Crippen LogP contribution in [0.4, 0.5) is 0 Å². The molecular formula is C14H27N. The standard InChI is InChI=1S/C14H27N/c1-3-14(8-5-9-15-14)11-13-7-4-6-12(2)10-13/h12-13,15H,3-11H2,1-2H3. The van der Waals surface area contributed by atoms with Crippen LogP contribution in [-0.4, -0.2) is 12.1 Å². The van der Waals surface area contributed by atoms with E-state index < -0.39 is 0 Å². The quantitative estimate of drug-likeness (QED) is 0.746. The van der Waals surface area contributed by atoms with Crippen LogP contribution < -0.4 is 5.32 Å². The van der Waals surface area contributed by atoms with Crippen molar-refractivity contribution in [1.29, 1.82) is 0 Å². The molecule has 0 spiro atoms. The van der Waals surface area contributed by atoms with Crippen LogP contribution in [0.25, 0.3) is 0 Å². The third kappa shape index (κ3) is 2.75. The topological polar surface area (TPSA) is 12.0 Å². The van der Waals surface area contributed by atoms with E-state index >= 15 is 0 Å². The monoisotopic (exact) mass is 209 g/mol. The second-order valence-corrected chi connectivity index (χ2v) is 6.01. The summed E-state index contributed by atoms with van der Waals surface area (Å²) in [4.78, 5) is 0. The fourth-order valence-corrected chi connectivity index (χ4v) is 3.79. The summed E-state index contributed by atoms with van der Waals surface area (Å²) in [7, 11) is 0. The Morgan fingerprint density at radius 1 is 1.27 bits per heavy atom. The molecule has 0 bridgehead atoms. The summed E-state index contributed by atoms with van der Waals surface area (Å²) in [6.07, 6.45) is 11.5. The highest BCUT2D eigenvalue weighted by atomic mass is 15.0. The third-order valence-corrected chi connectivity index (χ3v) is 4.73. The largest absolute Gasteiger partial charge is 0.311 e. The lowest BCUT2D eigenvalue weighted by molar-refractivity contribution is 0.201. The Kier molecular flexibility index (Phi) is 3.71. The van der Waals surface area contributed by atoms with Crippen LogP contribution >= 0.6 is 0 Å². The Morgan fingerprint density at radius 2 is 2.13 bits per heavy atom. The molecule has 88 valence electrons. The SMILES string of the molecule is CCC1(CC2CCCC(C)C2)CCCN1. The van der Waals surface area contributed by atoms with Gasteiger partial charge in [-0.2, -0.15) is 0 Å². The Bertz CT molecular complexity index is 194. The first-order chi connectivity index (χ1) is 7.24. The van der Waals surface area contributed by atoms with Crippen molar-refractivity contribution < 1.29 is 0 Å². The van der Waals surface area contributed by atoms with Crippen molar-refractivity contribution in [1.82, 2.24) is 5.32 Å². The molecule has 1 N–H and O–H groups in total. The van der Waals surface area contributed by atoms with E-state index in [0.717, 1.165) is 11.8 Å².